The highest BCUT2D eigenvalue weighted by molar-refractivity contribution is 5.76. The van der Waals surface area contributed by atoms with Crippen LogP contribution in [0.1, 0.15) is 476 Å². The molecule has 0 fully saturated rings. The predicted octanol–water partition coefficient (Wildman–Crippen LogP) is 42.5. The van der Waals surface area contributed by atoms with E-state index in [1.165, 1.54) is 413 Å². The Labute approximate surface area is 900 Å². The minimum atomic E-state index is 0.940. The van der Waals surface area contributed by atoms with Crippen molar-refractivity contribution in [2.45, 2.75) is 413 Å². The van der Waals surface area contributed by atoms with Gasteiger partial charge in [0.25, 0.3) is 0 Å². The van der Waals surface area contributed by atoms with Crippen LogP contribution in [0.3, 0.4) is 0 Å². The summed E-state index contributed by atoms with van der Waals surface area (Å²) in [5.41, 5.74) is 31.3. The van der Waals surface area contributed by atoms with Crippen LogP contribution in [0.4, 0.5) is 0 Å². The van der Waals surface area contributed by atoms with Gasteiger partial charge < -0.3 is 0 Å². The molecule has 0 aromatic heterocycles. The molecule has 0 unspecified atom stereocenters. The summed E-state index contributed by atoms with van der Waals surface area (Å²) in [5.74, 6) is 44.2. The molecule has 0 aliphatic heterocycles. The first-order valence-electron chi connectivity index (χ1n) is 59.8. The Morgan fingerprint density at radius 3 is 0.622 bits per heavy atom. The fourth-order valence-corrected chi connectivity index (χ4v) is 21.4. The second-order valence-electron chi connectivity index (χ2n) is 43.1. The van der Waals surface area contributed by atoms with Crippen LogP contribution in [-0.4, -0.2) is 0 Å². The number of fused-ring (bicyclic) bond motifs is 3. The van der Waals surface area contributed by atoms with E-state index in [0.29, 0.717) is 0 Å². The van der Waals surface area contributed by atoms with Crippen molar-refractivity contribution in [3.63, 3.8) is 0 Å². The van der Waals surface area contributed by atoms with Gasteiger partial charge in [-0.3, -0.25) is 0 Å². The third-order valence-corrected chi connectivity index (χ3v) is 30.5. The topological polar surface area (TPSA) is 0 Å². The number of rotatable bonds is 61. The van der Waals surface area contributed by atoms with E-state index in [0.717, 1.165) is 128 Å². The average molecular weight is 1960 g/mol. The maximum absolute atomic E-state index is 3.90. The summed E-state index contributed by atoms with van der Waals surface area (Å²) in [6, 6.07) is 98.7. The van der Waals surface area contributed by atoms with Crippen LogP contribution in [0.15, 0.2) is 267 Å². The van der Waals surface area contributed by atoms with E-state index < -0.39 is 0 Å². The molecule has 19 rings (SSSR count). The number of aryl methyl sites for hydroxylation is 4. The van der Waals surface area contributed by atoms with Crippen molar-refractivity contribution in [3.8, 4) is 138 Å². The predicted molar refractivity (Wildman–Crippen MR) is 643 cm³/mol. The van der Waals surface area contributed by atoms with Gasteiger partial charge in [-0.05, 0) is 274 Å². The molecule has 0 saturated carbocycles. The molecule has 768 valence electrons. The van der Waals surface area contributed by atoms with E-state index in [4.69, 9.17) is 0 Å². The molecule has 0 heterocycles. The average Bonchev–Trinajstić information content (AvgIpc) is 0.799. The molecule has 7 aliphatic carbocycles. The summed E-state index contributed by atoms with van der Waals surface area (Å²) >= 11 is 0. The monoisotopic (exact) mass is 1950 g/mol. The van der Waals surface area contributed by atoms with Gasteiger partial charge in [-0.15, -0.1) is 0 Å². The standard InChI is InChI=1S/C148H176/c1-5-9-13-17-21-25-29-33-37-41-45-49-53-58-66-128-108-131-82-80-126-69-64-74-140(111-126)135-96-84-121(85-97-135)76-77-122-88-100-137(101-89-122)144-113-129(67-59-54-50-46-42-38-34-30-26-22-18-14-10-6-2)109-132(117-144)83-81-127-70-65-75-141(112-127)136-98-86-125(87-99-136)95-107-148-142(73-61-56-52-48-44-40-36-32-28-24-20-16-12-8-4)119-147(134-71-62-57-63-72-134)120-143(148)106-94-133-110-130(68-60-55-51-47-43-39-35-31-27-23-19-15-11-7-3)115-146(118-133)139-104-92-124(93-105-139)79-78-123-90-102-138(103-91-123)145(114-128)116-131/h57,62-65,69-72,74-75,84-93,96-105,108-120H,5-56,58-61,66-68,73H2,1-4H3. The van der Waals surface area contributed by atoms with Crippen LogP contribution < -0.4 is 0 Å². The van der Waals surface area contributed by atoms with E-state index in [2.05, 4.69) is 366 Å². The van der Waals surface area contributed by atoms with Gasteiger partial charge in [-0.25, -0.2) is 0 Å². The fraction of sp³-hybridized carbons (Fsp3) is 0.432. The molecule has 12 aromatic carbocycles. The Morgan fingerprint density at radius 2 is 0.338 bits per heavy atom. The number of hydrogen-bond donors (Lipinski definition) is 0. The summed E-state index contributed by atoms with van der Waals surface area (Å²) in [4.78, 5) is 0. The molecule has 20 bridgehead atoms. The molecule has 0 nitrogen and oxygen atoms in total. The molecule has 0 amide bonds. The Kier molecular flexibility index (Phi) is 52.4. The minimum Gasteiger partial charge on any atom is -0.0654 e. The smallest absolute Gasteiger partial charge is 0.0438 e. The molecule has 12 aromatic rings. The first-order valence-corrected chi connectivity index (χ1v) is 59.8. The first-order chi connectivity index (χ1) is 73.3. The molecular formula is C148H176. The van der Waals surface area contributed by atoms with Gasteiger partial charge in [0.1, 0.15) is 0 Å². The Bertz CT molecular complexity index is 6270. The molecule has 0 saturated heterocycles. The number of benzene rings is 12. The maximum atomic E-state index is 3.90. The van der Waals surface area contributed by atoms with Crippen molar-refractivity contribution in [1.29, 1.82) is 0 Å². The highest BCUT2D eigenvalue weighted by Gasteiger charge is 2.16. The zero-order valence-corrected chi connectivity index (χ0v) is 91.8. The van der Waals surface area contributed by atoms with E-state index >= 15 is 0 Å². The minimum absolute atomic E-state index is 0.940. The van der Waals surface area contributed by atoms with Crippen LogP contribution in [0.5, 0.6) is 0 Å². The van der Waals surface area contributed by atoms with Crippen LogP contribution in [0, 0.1) is 71.0 Å². The van der Waals surface area contributed by atoms with Gasteiger partial charge in [-0.2, -0.15) is 0 Å². The van der Waals surface area contributed by atoms with E-state index in [1.54, 1.807) is 0 Å². The summed E-state index contributed by atoms with van der Waals surface area (Å²) in [5, 5.41) is 0. The van der Waals surface area contributed by atoms with Crippen molar-refractivity contribution in [1.82, 2.24) is 0 Å². The van der Waals surface area contributed by atoms with Crippen LogP contribution >= 0.6 is 0 Å². The van der Waals surface area contributed by atoms with Gasteiger partial charge >= 0.3 is 0 Å². The SMILES string of the molecule is CCCCCCCCCCCCCCCCc1cc2cc(c1)-c1ccc(cc1)C#Cc1ccc(cc1)-c1cccc(c1)C#Cc1cc(CCCCCCCCCCCCCCCC)cc(c1)-c1ccc(cc1)C#Cc1ccc(cc1)-c1cc(cc(CCCCCCCCCCCCCCCC)c1)C#Cc1cc(-c3ccccc3)cc(CCCCCCCCCCCCCCCC)c1C#Cc1ccc(cc1)-c1cccc(c1)C#C2. The highest BCUT2D eigenvalue weighted by Crippen LogP contribution is 2.35. The third kappa shape index (κ3) is 42.6. The fourth-order valence-electron chi connectivity index (χ4n) is 21.4. The van der Waals surface area contributed by atoms with Gasteiger partial charge in [0, 0.05) is 66.8 Å². The van der Waals surface area contributed by atoms with E-state index in [1.807, 2.05) is 0 Å². The highest BCUT2D eigenvalue weighted by atomic mass is 14.2. The van der Waals surface area contributed by atoms with Gasteiger partial charge in [0.15, 0.2) is 0 Å². The third-order valence-electron chi connectivity index (χ3n) is 30.5. The Hall–Kier alpha value is -12.0. The molecule has 7 aliphatic rings. The molecule has 148 heavy (non-hydrogen) atoms. The second-order valence-corrected chi connectivity index (χ2v) is 43.1. The van der Waals surface area contributed by atoms with Crippen molar-refractivity contribution in [2.24, 2.45) is 0 Å². The Balaban J connectivity index is 0.814. The lowest BCUT2D eigenvalue weighted by Gasteiger charge is -2.12. The zero-order chi connectivity index (χ0) is 102. The lowest BCUT2D eigenvalue weighted by Crippen LogP contribution is -1.98. The Morgan fingerprint density at radius 1 is 0.128 bits per heavy atom. The van der Waals surface area contributed by atoms with Crippen LogP contribution in [-0.2, 0) is 25.7 Å². The zero-order valence-electron chi connectivity index (χ0n) is 91.8. The van der Waals surface area contributed by atoms with E-state index in [9.17, 15) is 0 Å². The summed E-state index contributed by atoms with van der Waals surface area (Å²) in [6.07, 6.45) is 79.2. The first kappa shape index (κ1) is 113. The van der Waals surface area contributed by atoms with Crippen molar-refractivity contribution in [2.75, 3.05) is 0 Å². The largest absolute Gasteiger partial charge is 0.0654 e. The number of hydrogen-bond acceptors (Lipinski definition) is 0. The maximum Gasteiger partial charge on any atom is 0.0438 e. The van der Waals surface area contributed by atoms with Crippen molar-refractivity contribution < 1.29 is 0 Å². The quantitative estimate of drug-likeness (QED) is 0.0263. The van der Waals surface area contributed by atoms with Gasteiger partial charge in [-0.1, -0.05) is 566 Å². The molecule has 0 radical (unpaired) electrons. The second kappa shape index (κ2) is 68.6. The summed E-state index contributed by atoms with van der Waals surface area (Å²) in [6.45, 7) is 9.25. The number of unbranched alkanes of at least 4 members (excludes halogenated alkanes) is 52. The van der Waals surface area contributed by atoms with Crippen LogP contribution in [0.25, 0.3) is 66.8 Å². The summed E-state index contributed by atoms with van der Waals surface area (Å²) in [7, 11) is 0. The lowest BCUT2D eigenvalue weighted by molar-refractivity contribution is 0.535. The van der Waals surface area contributed by atoms with Gasteiger partial charge in [0.2, 0.25) is 0 Å². The van der Waals surface area contributed by atoms with Crippen LogP contribution in [0.2, 0.25) is 0 Å². The van der Waals surface area contributed by atoms with Gasteiger partial charge in [0.05, 0.1) is 0 Å². The molecule has 0 atom stereocenters. The van der Waals surface area contributed by atoms with Crippen molar-refractivity contribution >= 4 is 0 Å². The molecular weight excluding hydrogens is 1780 g/mol. The van der Waals surface area contributed by atoms with Crippen molar-refractivity contribution in [3.05, 3.63) is 356 Å². The lowest BCUT2D eigenvalue weighted by atomic mass is 9.91. The normalized spacial score (nSPS) is 11.4. The van der Waals surface area contributed by atoms with E-state index in [-0.39, 0.29) is 0 Å². The summed E-state index contributed by atoms with van der Waals surface area (Å²) < 4.78 is 0. The molecule has 0 heteroatoms. The molecule has 0 N–H and O–H groups in total. The molecule has 0 spiro atoms.